The fraction of sp³-hybridized carbons (Fsp3) is 0.632. The normalized spacial score (nSPS) is 20.6. The Kier molecular flexibility index (Phi) is 5.74. The van der Waals surface area contributed by atoms with Gasteiger partial charge in [0.05, 0.1) is 13.2 Å². The number of amides is 1. The van der Waals surface area contributed by atoms with Gasteiger partial charge in [-0.2, -0.15) is 0 Å². The highest BCUT2D eigenvalue weighted by molar-refractivity contribution is 5.80. The number of likely N-dealkylation sites (N-methyl/N-ethyl adjacent to an activating group) is 1. The van der Waals surface area contributed by atoms with Crippen LogP contribution in [-0.4, -0.2) is 62.1 Å². The highest BCUT2D eigenvalue weighted by Crippen LogP contribution is 2.29. The third kappa shape index (κ3) is 4.28. The molecule has 1 amide bonds. The number of piperazine rings is 1. The molecule has 1 aromatic carbocycles. The Morgan fingerprint density at radius 1 is 1.21 bits per heavy atom. The van der Waals surface area contributed by atoms with Crippen LogP contribution in [0.4, 0.5) is 0 Å². The Morgan fingerprint density at radius 3 is 2.42 bits per heavy atom. The van der Waals surface area contributed by atoms with E-state index in [0.29, 0.717) is 6.54 Å². The van der Waals surface area contributed by atoms with E-state index in [1.54, 1.807) is 7.11 Å². The maximum absolute atomic E-state index is 12.1. The molecule has 2 fully saturated rings. The number of nitrogens with one attached hydrogen (secondary N) is 1. The van der Waals surface area contributed by atoms with Gasteiger partial charge < -0.3 is 15.0 Å². The Labute approximate surface area is 145 Å². The summed E-state index contributed by atoms with van der Waals surface area (Å²) in [6.45, 7) is 8.30. The van der Waals surface area contributed by atoms with Gasteiger partial charge in [-0.05, 0) is 37.1 Å². The lowest BCUT2D eigenvalue weighted by atomic mass is 10.0. The van der Waals surface area contributed by atoms with Crippen LogP contribution in [0.25, 0.3) is 0 Å². The SMILES string of the molecule is CCN1CCN(C(CNC(=O)C2CC2)c2ccc(OC)cc2)CC1. The van der Waals surface area contributed by atoms with Crippen molar-refractivity contribution in [2.75, 3.05) is 46.4 Å². The Hall–Kier alpha value is -1.59. The van der Waals surface area contributed by atoms with Crippen molar-refractivity contribution in [3.63, 3.8) is 0 Å². The molecule has 0 radical (unpaired) electrons. The van der Waals surface area contributed by atoms with Gasteiger partial charge in [-0.1, -0.05) is 19.1 Å². The van der Waals surface area contributed by atoms with Crippen LogP contribution in [0.3, 0.4) is 0 Å². The molecule has 1 aromatic rings. The highest BCUT2D eigenvalue weighted by Gasteiger charge is 2.31. The predicted molar refractivity (Wildman–Crippen MR) is 95.2 cm³/mol. The molecule has 0 bridgehead atoms. The topological polar surface area (TPSA) is 44.8 Å². The molecule has 24 heavy (non-hydrogen) atoms. The molecule has 1 unspecified atom stereocenters. The standard InChI is InChI=1S/C19H29N3O2/c1-3-21-10-12-22(13-11-21)18(14-20-19(23)16-4-5-16)15-6-8-17(24-2)9-7-15/h6-9,16,18H,3-5,10-14H2,1-2H3,(H,20,23). The number of methoxy groups -OCH3 is 1. The number of hydrogen-bond donors (Lipinski definition) is 1. The quantitative estimate of drug-likeness (QED) is 0.829. The molecule has 1 aliphatic heterocycles. The molecule has 1 atom stereocenters. The second-order valence-corrected chi connectivity index (χ2v) is 6.78. The number of nitrogens with zero attached hydrogens (tertiary/aromatic N) is 2. The highest BCUT2D eigenvalue weighted by atomic mass is 16.5. The molecule has 132 valence electrons. The van der Waals surface area contributed by atoms with Crippen LogP contribution in [-0.2, 0) is 4.79 Å². The largest absolute Gasteiger partial charge is 0.497 e. The summed E-state index contributed by atoms with van der Waals surface area (Å²) in [5.74, 6) is 1.36. The van der Waals surface area contributed by atoms with E-state index in [9.17, 15) is 4.79 Å². The average Bonchev–Trinajstić information content (AvgIpc) is 3.48. The maximum atomic E-state index is 12.1. The minimum absolute atomic E-state index is 0.223. The van der Waals surface area contributed by atoms with Crippen molar-refractivity contribution in [2.24, 2.45) is 5.92 Å². The van der Waals surface area contributed by atoms with E-state index >= 15 is 0 Å². The fourth-order valence-electron chi connectivity index (χ4n) is 3.36. The minimum atomic E-state index is 0.223. The average molecular weight is 331 g/mol. The Bertz CT molecular complexity index is 534. The zero-order valence-corrected chi connectivity index (χ0v) is 14.8. The molecule has 2 aliphatic rings. The van der Waals surface area contributed by atoms with Gasteiger partial charge in [-0.3, -0.25) is 9.69 Å². The van der Waals surface area contributed by atoms with E-state index in [4.69, 9.17) is 4.74 Å². The van der Waals surface area contributed by atoms with Gasteiger partial charge in [0.2, 0.25) is 5.91 Å². The van der Waals surface area contributed by atoms with Gasteiger partial charge >= 0.3 is 0 Å². The molecule has 1 heterocycles. The van der Waals surface area contributed by atoms with E-state index in [1.807, 2.05) is 12.1 Å². The van der Waals surface area contributed by atoms with E-state index in [2.05, 4.69) is 34.2 Å². The molecule has 3 rings (SSSR count). The Balaban J connectivity index is 1.68. The molecule has 5 nitrogen and oxygen atoms in total. The second kappa shape index (κ2) is 7.99. The number of ether oxygens (including phenoxy) is 1. The van der Waals surface area contributed by atoms with Gasteiger partial charge in [0.15, 0.2) is 0 Å². The fourth-order valence-corrected chi connectivity index (χ4v) is 3.36. The summed E-state index contributed by atoms with van der Waals surface area (Å²) in [6, 6.07) is 8.50. The molecule has 1 saturated carbocycles. The third-order valence-corrected chi connectivity index (χ3v) is 5.21. The number of carbonyl (C=O) groups excluding carboxylic acids is 1. The smallest absolute Gasteiger partial charge is 0.223 e. The van der Waals surface area contributed by atoms with Gasteiger partial charge in [-0.25, -0.2) is 0 Å². The van der Waals surface area contributed by atoms with Crippen LogP contribution in [0, 0.1) is 5.92 Å². The zero-order valence-electron chi connectivity index (χ0n) is 14.8. The van der Waals surface area contributed by atoms with E-state index in [-0.39, 0.29) is 17.9 Å². The first kappa shape index (κ1) is 17.2. The second-order valence-electron chi connectivity index (χ2n) is 6.78. The van der Waals surface area contributed by atoms with Crippen molar-refractivity contribution in [3.05, 3.63) is 29.8 Å². The van der Waals surface area contributed by atoms with Crippen LogP contribution < -0.4 is 10.1 Å². The third-order valence-electron chi connectivity index (χ3n) is 5.21. The summed E-state index contributed by atoms with van der Waals surface area (Å²) >= 11 is 0. The van der Waals surface area contributed by atoms with E-state index < -0.39 is 0 Å². The van der Waals surface area contributed by atoms with Gasteiger partial charge in [0.1, 0.15) is 5.75 Å². The lowest BCUT2D eigenvalue weighted by Crippen LogP contribution is -2.49. The van der Waals surface area contributed by atoms with Crippen molar-refractivity contribution in [2.45, 2.75) is 25.8 Å². The lowest BCUT2D eigenvalue weighted by Gasteiger charge is -2.39. The van der Waals surface area contributed by atoms with Crippen LogP contribution in [0.5, 0.6) is 5.75 Å². The van der Waals surface area contributed by atoms with Crippen LogP contribution in [0.15, 0.2) is 24.3 Å². The number of hydrogen-bond acceptors (Lipinski definition) is 4. The van der Waals surface area contributed by atoms with Crippen LogP contribution in [0.2, 0.25) is 0 Å². The number of carbonyl (C=O) groups is 1. The number of rotatable bonds is 7. The summed E-state index contributed by atoms with van der Waals surface area (Å²) in [5, 5.41) is 3.17. The zero-order chi connectivity index (χ0) is 16.9. The first-order valence-corrected chi connectivity index (χ1v) is 9.09. The van der Waals surface area contributed by atoms with Crippen LogP contribution >= 0.6 is 0 Å². The summed E-state index contributed by atoms with van der Waals surface area (Å²) in [5.41, 5.74) is 1.25. The van der Waals surface area contributed by atoms with Crippen molar-refractivity contribution >= 4 is 5.91 Å². The van der Waals surface area contributed by atoms with Gasteiger partial charge in [0.25, 0.3) is 0 Å². The summed E-state index contributed by atoms with van der Waals surface area (Å²) < 4.78 is 5.27. The van der Waals surface area contributed by atoms with Crippen molar-refractivity contribution in [1.82, 2.24) is 15.1 Å². The van der Waals surface area contributed by atoms with Gasteiger partial charge in [0, 0.05) is 38.6 Å². The van der Waals surface area contributed by atoms with E-state index in [0.717, 1.165) is 51.3 Å². The van der Waals surface area contributed by atoms with Crippen molar-refractivity contribution in [3.8, 4) is 5.75 Å². The molecule has 1 aliphatic carbocycles. The molecule has 1 saturated heterocycles. The molecule has 5 heteroatoms. The first-order chi connectivity index (χ1) is 11.7. The lowest BCUT2D eigenvalue weighted by molar-refractivity contribution is -0.122. The van der Waals surface area contributed by atoms with Gasteiger partial charge in [-0.15, -0.1) is 0 Å². The Morgan fingerprint density at radius 2 is 1.88 bits per heavy atom. The number of benzene rings is 1. The molecule has 0 aromatic heterocycles. The first-order valence-electron chi connectivity index (χ1n) is 9.09. The van der Waals surface area contributed by atoms with E-state index in [1.165, 1.54) is 5.56 Å². The summed E-state index contributed by atoms with van der Waals surface area (Å²) in [4.78, 5) is 17.0. The summed E-state index contributed by atoms with van der Waals surface area (Å²) in [6.07, 6.45) is 2.10. The predicted octanol–water partition coefficient (Wildman–Crippen LogP) is 1.90. The summed E-state index contributed by atoms with van der Waals surface area (Å²) in [7, 11) is 1.69. The maximum Gasteiger partial charge on any atom is 0.223 e. The van der Waals surface area contributed by atoms with Crippen LogP contribution in [0.1, 0.15) is 31.4 Å². The molecule has 0 spiro atoms. The molecule has 1 N–H and O–H groups in total. The molecular formula is C19H29N3O2. The monoisotopic (exact) mass is 331 g/mol. The minimum Gasteiger partial charge on any atom is -0.497 e. The van der Waals surface area contributed by atoms with Crippen molar-refractivity contribution < 1.29 is 9.53 Å². The van der Waals surface area contributed by atoms with Crippen molar-refractivity contribution in [1.29, 1.82) is 0 Å². The molecular weight excluding hydrogens is 302 g/mol.